The van der Waals surface area contributed by atoms with Crippen LogP contribution in [0.4, 0.5) is 0 Å². The van der Waals surface area contributed by atoms with Gasteiger partial charge in [-0.2, -0.15) is 0 Å². The second-order valence-electron chi connectivity index (χ2n) is 3.02. The number of hydrogen-bond acceptors (Lipinski definition) is 4. The van der Waals surface area contributed by atoms with Gasteiger partial charge in [-0.1, -0.05) is 60.8 Å². The summed E-state index contributed by atoms with van der Waals surface area (Å²) >= 11 is 0. The second kappa shape index (κ2) is 10.9. The first-order valence-corrected chi connectivity index (χ1v) is 5.45. The van der Waals surface area contributed by atoms with Gasteiger partial charge in [-0.05, 0) is 17.4 Å². The fourth-order valence-electron chi connectivity index (χ4n) is 0.925. The summed E-state index contributed by atoms with van der Waals surface area (Å²) in [5, 5.41) is 7.24. The van der Waals surface area contributed by atoms with Crippen LogP contribution in [0.25, 0.3) is 0 Å². The molecule has 18 heavy (non-hydrogen) atoms. The average molecular weight is 241 g/mol. The molecule has 1 aliphatic heterocycles. The van der Waals surface area contributed by atoms with E-state index in [2.05, 4.69) is 15.9 Å². The Hall–Kier alpha value is -2.62. The van der Waals surface area contributed by atoms with Gasteiger partial charge in [0.2, 0.25) is 0 Å². The molecule has 1 rings (SSSR count). The van der Waals surface area contributed by atoms with Gasteiger partial charge >= 0.3 is 0 Å². The molecule has 1 N–H and O–H groups in total. The summed E-state index contributed by atoms with van der Waals surface area (Å²) in [4.78, 5) is 4.84. The van der Waals surface area contributed by atoms with E-state index in [0.29, 0.717) is 0 Å². The molecule has 0 atom stereocenters. The summed E-state index contributed by atoms with van der Waals surface area (Å²) in [7, 11) is 0. The van der Waals surface area contributed by atoms with Crippen LogP contribution in [0.1, 0.15) is 0 Å². The predicted octanol–water partition coefficient (Wildman–Crippen LogP) is 3.70. The monoisotopic (exact) mass is 241 g/mol. The Morgan fingerprint density at radius 1 is 0.611 bits per heavy atom. The molecular weight excluding hydrogens is 226 g/mol. The van der Waals surface area contributed by atoms with Crippen molar-refractivity contribution in [2.75, 3.05) is 0 Å². The lowest BCUT2D eigenvalue weighted by Crippen LogP contribution is -1.98. The van der Waals surface area contributed by atoms with Crippen LogP contribution < -0.4 is 5.59 Å². The first-order valence-electron chi connectivity index (χ1n) is 5.45. The van der Waals surface area contributed by atoms with Crippen LogP contribution in [0.2, 0.25) is 0 Å². The van der Waals surface area contributed by atoms with Gasteiger partial charge < -0.3 is 4.84 Å². The van der Waals surface area contributed by atoms with Gasteiger partial charge in [0.25, 0.3) is 0 Å². The number of nitrogens with zero attached hydrogens (tertiary/aromatic N) is 2. The van der Waals surface area contributed by atoms with Crippen molar-refractivity contribution in [2.45, 2.75) is 0 Å². The van der Waals surface area contributed by atoms with Gasteiger partial charge in [0.15, 0.2) is 0 Å². The third-order valence-electron chi connectivity index (χ3n) is 1.67. The fraction of sp³-hybridized carbons (Fsp3) is 0. The highest BCUT2D eigenvalue weighted by Crippen LogP contribution is 1.86. The van der Waals surface area contributed by atoms with Crippen LogP contribution in [-0.4, -0.2) is 0 Å². The molecule has 0 radical (unpaired) electrons. The quantitative estimate of drug-likeness (QED) is 0.703. The van der Waals surface area contributed by atoms with Crippen molar-refractivity contribution in [2.24, 2.45) is 10.3 Å². The molecule has 0 saturated heterocycles. The fourth-order valence-corrected chi connectivity index (χ4v) is 0.925. The van der Waals surface area contributed by atoms with E-state index >= 15 is 0 Å². The van der Waals surface area contributed by atoms with E-state index in [4.69, 9.17) is 4.84 Å². The SMILES string of the molecule is C1=CC=CC=CC=CONN=NC=CC=CC=C1. The third-order valence-corrected chi connectivity index (χ3v) is 1.67. The Morgan fingerprint density at radius 2 is 1.11 bits per heavy atom. The molecule has 0 unspecified atom stereocenters. The zero-order valence-corrected chi connectivity index (χ0v) is 9.89. The van der Waals surface area contributed by atoms with E-state index in [1.165, 1.54) is 6.26 Å². The summed E-state index contributed by atoms with van der Waals surface area (Å²) in [6, 6.07) is 0. The van der Waals surface area contributed by atoms with Crippen LogP contribution in [0.5, 0.6) is 0 Å². The number of nitrogens with one attached hydrogen (secondary N) is 1. The lowest BCUT2D eigenvalue weighted by molar-refractivity contribution is 0.131. The van der Waals surface area contributed by atoms with Crippen molar-refractivity contribution >= 4 is 0 Å². The van der Waals surface area contributed by atoms with Crippen molar-refractivity contribution in [1.29, 1.82) is 0 Å². The molecule has 1 heterocycles. The van der Waals surface area contributed by atoms with E-state index in [0.717, 1.165) is 0 Å². The Morgan fingerprint density at radius 3 is 1.72 bits per heavy atom. The molecule has 0 aliphatic carbocycles. The maximum absolute atomic E-state index is 4.84. The van der Waals surface area contributed by atoms with Crippen LogP contribution in [0, 0.1) is 0 Å². The van der Waals surface area contributed by atoms with Crippen molar-refractivity contribution in [3.63, 3.8) is 0 Å². The highest BCUT2D eigenvalue weighted by Gasteiger charge is 1.70. The molecule has 0 spiro atoms. The van der Waals surface area contributed by atoms with Gasteiger partial charge in [0.1, 0.15) is 6.26 Å². The minimum absolute atomic E-state index is 1.47. The minimum Gasteiger partial charge on any atom is -0.372 e. The lowest BCUT2D eigenvalue weighted by atomic mass is 10.3. The topological polar surface area (TPSA) is 46.0 Å². The number of allylic oxidation sites excluding steroid dienone is 12. The standard InChI is InChI=1S/C14H15N3O/c1-2-4-6-8-10-12-14-18-17-16-15-13-11-9-7-5-3-1/h1-14H,(H,15,17). The largest absolute Gasteiger partial charge is 0.372 e. The lowest BCUT2D eigenvalue weighted by Gasteiger charge is -1.91. The van der Waals surface area contributed by atoms with E-state index in [9.17, 15) is 0 Å². The molecule has 0 fully saturated rings. The van der Waals surface area contributed by atoms with E-state index in [-0.39, 0.29) is 0 Å². The highest BCUT2D eigenvalue weighted by molar-refractivity contribution is 5.20. The normalized spacial score (nSPS) is 16.0. The van der Waals surface area contributed by atoms with Crippen LogP contribution >= 0.6 is 0 Å². The average Bonchev–Trinajstić information content (AvgIpc) is 2.39. The first-order chi connectivity index (χ1) is 9.00. The zero-order chi connectivity index (χ0) is 12.7. The molecular formula is C14H15N3O. The molecule has 4 nitrogen and oxygen atoms in total. The number of rotatable bonds is 0. The number of hydrogen-bond donors (Lipinski definition) is 1. The van der Waals surface area contributed by atoms with E-state index in [1.807, 2.05) is 60.8 Å². The van der Waals surface area contributed by atoms with Crippen molar-refractivity contribution < 1.29 is 4.84 Å². The van der Waals surface area contributed by atoms with E-state index < -0.39 is 0 Å². The van der Waals surface area contributed by atoms with Gasteiger partial charge in [-0.3, -0.25) is 0 Å². The summed E-state index contributed by atoms with van der Waals surface area (Å²) < 4.78 is 0. The van der Waals surface area contributed by atoms with E-state index in [1.54, 1.807) is 18.4 Å². The molecule has 0 aromatic rings. The van der Waals surface area contributed by atoms with Gasteiger partial charge in [-0.15, -0.1) is 10.7 Å². The predicted molar refractivity (Wildman–Crippen MR) is 73.1 cm³/mol. The molecule has 0 aromatic heterocycles. The van der Waals surface area contributed by atoms with Crippen LogP contribution in [0.15, 0.2) is 95.7 Å². The van der Waals surface area contributed by atoms with Crippen LogP contribution in [0.3, 0.4) is 0 Å². The summed E-state index contributed by atoms with van der Waals surface area (Å²) in [5.74, 6) is 0. The molecule has 0 bridgehead atoms. The highest BCUT2D eigenvalue weighted by atomic mass is 16.7. The Labute approximate surface area is 107 Å². The van der Waals surface area contributed by atoms with Gasteiger partial charge in [0.05, 0.1) is 6.20 Å². The summed E-state index contributed by atoms with van der Waals surface area (Å²) in [6.07, 6.45) is 25.6. The molecule has 1 aliphatic rings. The second-order valence-corrected chi connectivity index (χ2v) is 3.02. The molecule has 0 aromatic carbocycles. The maximum atomic E-state index is 4.84. The molecule has 92 valence electrons. The van der Waals surface area contributed by atoms with Crippen molar-refractivity contribution in [3.8, 4) is 0 Å². The van der Waals surface area contributed by atoms with Gasteiger partial charge in [-0.25, -0.2) is 0 Å². The Balaban J connectivity index is 2.58. The summed E-state index contributed by atoms with van der Waals surface area (Å²) in [5.41, 5.74) is 2.31. The summed E-state index contributed by atoms with van der Waals surface area (Å²) in [6.45, 7) is 0. The molecule has 0 amide bonds. The Bertz CT molecular complexity index is 396. The zero-order valence-electron chi connectivity index (χ0n) is 9.89. The van der Waals surface area contributed by atoms with Crippen molar-refractivity contribution in [1.82, 2.24) is 5.59 Å². The maximum Gasteiger partial charge on any atom is 0.121 e. The first kappa shape index (κ1) is 13.4. The molecule has 0 saturated carbocycles. The Kier molecular flexibility index (Phi) is 8.13. The van der Waals surface area contributed by atoms with Crippen LogP contribution in [-0.2, 0) is 4.84 Å². The van der Waals surface area contributed by atoms with Crippen molar-refractivity contribution in [3.05, 3.63) is 85.4 Å². The molecule has 4 heteroatoms. The smallest absolute Gasteiger partial charge is 0.121 e. The minimum atomic E-state index is 1.47. The third kappa shape index (κ3) is 8.67. The van der Waals surface area contributed by atoms with Gasteiger partial charge in [0, 0.05) is 0 Å².